The van der Waals surface area contributed by atoms with Crippen LogP contribution in [0.2, 0.25) is 0 Å². The third-order valence-electron chi connectivity index (χ3n) is 2.37. The van der Waals surface area contributed by atoms with Gasteiger partial charge in [-0.2, -0.15) is 5.10 Å². The van der Waals surface area contributed by atoms with Crippen molar-refractivity contribution in [3.63, 3.8) is 0 Å². The second-order valence-electron chi connectivity index (χ2n) is 3.77. The fraction of sp³-hybridized carbons (Fsp3) is 0.600. The van der Waals surface area contributed by atoms with Crippen molar-refractivity contribution >= 4 is 11.9 Å². The Labute approximate surface area is 94.7 Å². The molecule has 0 bridgehead atoms. The Kier molecular flexibility index (Phi) is 4.30. The number of nitrogens with two attached hydrogens (primary N) is 1. The molecule has 0 radical (unpaired) electrons. The molecule has 1 aromatic heterocycles. The first-order valence-electron chi connectivity index (χ1n) is 5.23. The normalized spacial score (nSPS) is 12.2. The summed E-state index contributed by atoms with van der Waals surface area (Å²) in [6, 6.07) is 0. The quantitative estimate of drug-likeness (QED) is 0.771. The molecule has 0 saturated heterocycles. The lowest BCUT2D eigenvalue weighted by Gasteiger charge is -2.09. The van der Waals surface area contributed by atoms with Crippen LogP contribution in [-0.4, -0.2) is 27.6 Å². The SMILES string of the molecule is Cc1nnc(NC(=O)C(C)CCN)nc1C. The van der Waals surface area contributed by atoms with Crippen LogP contribution in [0.3, 0.4) is 0 Å². The van der Waals surface area contributed by atoms with Crippen molar-refractivity contribution in [1.82, 2.24) is 15.2 Å². The third kappa shape index (κ3) is 3.23. The number of hydrogen-bond acceptors (Lipinski definition) is 5. The summed E-state index contributed by atoms with van der Waals surface area (Å²) in [5.74, 6) is -0.0253. The Hall–Kier alpha value is -1.56. The molecule has 88 valence electrons. The van der Waals surface area contributed by atoms with Crippen molar-refractivity contribution in [1.29, 1.82) is 0 Å². The Morgan fingerprint density at radius 3 is 2.62 bits per heavy atom. The van der Waals surface area contributed by atoms with Crippen molar-refractivity contribution in [2.24, 2.45) is 11.7 Å². The molecule has 6 heteroatoms. The lowest BCUT2D eigenvalue weighted by atomic mass is 10.1. The second-order valence-corrected chi connectivity index (χ2v) is 3.77. The second kappa shape index (κ2) is 5.50. The van der Waals surface area contributed by atoms with Crippen LogP contribution in [0.15, 0.2) is 0 Å². The Morgan fingerprint density at radius 1 is 1.38 bits per heavy atom. The molecule has 0 saturated carbocycles. The van der Waals surface area contributed by atoms with E-state index in [4.69, 9.17) is 5.73 Å². The zero-order valence-electron chi connectivity index (χ0n) is 9.82. The first kappa shape index (κ1) is 12.5. The van der Waals surface area contributed by atoms with E-state index in [1.54, 1.807) is 0 Å². The number of aryl methyl sites for hydroxylation is 2. The Balaban J connectivity index is 2.66. The minimum atomic E-state index is -0.143. The van der Waals surface area contributed by atoms with E-state index in [1.165, 1.54) is 0 Å². The minimum absolute atomic E-state index is 0.129. The molecule has 3 N–H and O–H groups in total. The molecule has 1 rings (SSSR count). The standard InChI is InChI=1S/C10H17N5O/c1-6(4-5-11)9(16)13-10-12-7(2)8(3)14-15-10/h6H,4-5,11H2,1-3H3,(H,12,13,15,16). The summed E-state index contributed by atoms with van der Waals surface area (Å²) in [7, 11) is 0. The van der Waals surface area contributed by atoms with Gasteiger partial charge in [-0.15, -0.1) is 5.10 Å². The Morgan fingerprint density at radius 2 is 2.06 bits per heavy atom. The van der Waals surface area contributed by atoms with Crippen LogP contribution in [-0.2, 0) is 4.79 Å². The van der Waals surface area contributed by atoms with Gasteiger partial charge in [0.15, 0.2) is 0 Å². The fourth-order valence-corrected chi connectivity index (χ4v) is 1.12. The molecule has 1 aromatic rings. The molecule has 0 spiro atoms. The highest BCUT2D eigenvalue weighted by Gasteiger charge is 2.13. The van der Waals surface area contributed by atoms with Gasteiger partial charge in [0, 0.05) is 5.92 Å². The summed E-state index contributed by atoms with van der Waals surface area (Å²) < 4.78 is 0. The molecule has 0 aliphatic carbocycles. The number of anilines is 1. The van der Waals surface area contributed by atoms with E-state index in [1.807, 2.05) is 20.8 Å². The smallest absolute Gasteiger partial charge is 0.249 e. The van der Waals surface area contributed by atoms with Crippen molar-refractivity contribution in [2.45, 2.75) is 27.2 Å². The third-order valence-corrected chi connectivity index (χ3v) is 2.37. The molecule has 16 heavy (non-hydrogen) atoms. The number of carbonyl (C=O) groups excluding carboxylic acids is 1. The molecule has 1 heterocycles. The number of aromatic nitrogens is 3. The summed E-state index contributed by atoms with van der Waals surface area (Å²) in [5, 5.41) is 10.3. The van der Waals surface area contributed by atoms with Crippen LogP contribution in [0, 0.1) is 19.8 Å². The van der Waals surface area contributed by atoms with Crippen LogP contribution >= 0.6 is 0 Å². The van der Waals surface area contributed by atoms with E-state index < -0.39 is 0 Å². The average Bonchev–Trinajstić information content (AvgIpc) is 2.24. The van der Waals surface area contributed by atoms with E-state index in [9.17, 15) is 4.79 Å². The lowest BCUT2D eigenvalue weighted by Crippen LogP contribution is -2.24. The summed E-state index contributed by atoms with van der Waals surface area (Å²) in [4.78, 5) is 15.7. The van der Waals surface area contributed by atoms with E-state index in [-0.39, 0.29) is 17.8 Å². The van der Waals surface area contributed by atoms with Crippen LogP contribution < -0.4 is 11.1 Å². The van der Waals surface area contributed by atoms with Gasteiger partial charge in [-0.3, -0.25) is 10.1 Å². The highest BCUT2D eigenvalue weighted by atomic mass is 16.2. The summed E-state index contributed by atoms with van der Waals surface area (Å²) >= 11 is 0. The summed E-state index contributed by atoms with van der Waals surface area (Å²) in [6.07, 6.45) is 0.643. The molecule has 0 fully saturated rings. The predicted molar refractivity (Wildman–Crippen MR) is 60.8 cm³/mol. The van der Waals surface area contributed by atoms with Crippen LogP contribution in [0.4, 0.5) is 5.95 Å². The van der Waals surface area contributed by atoms with Crippen molar-refractivity contribution in [3.8, 4) is 0 Å². The van der Waals surface area contributed by atoms with Crippen LogP contribution in [0.25, 0.3) is 0 Å². The number of nitrogens with one attached hydrogen (secondary N) is 1. The molecule has 0 aliphatic heterocycles. The van der Waals surface area contributed by atoms with Gasteiger partial charge in [0.05, 0.1) is 11.4 Å². The van der Waals surface area contributed by atoms with Gasteiger partial charge in [0.1, 0.15) is 0 Å². The zero-order valence-corrected chi connectivity index (χ0v) is 9.82. The van der Waals surface area contributed by atoms with Gasteiger partial charge in [0.25, 0.3) is 0 Å². The van der Waals surface area contributed by atoms with Gasteiger partial charge in [-0.1, -0.05) is 6.92 Å². The van der Waals surface area contributed by atoms with E-state index in [2.05, 4.69) is 20.5 Å². The maximum atomic E-state index is 11.6. The number of hydrogen-bond donors (Lipinski definition) is 2. The number of amides is 1. The highest BCUT2D eigenvalue weighted by Crippen LogP contribution is 2.06. The van der Waals surface area contributed by atoms with Gasteiger partial charge in [-0.25, -0.2) is 4.98 Å². The molecule has 0 aromatic carbocycles. The fourth-order valence-electron chi connectivity index (χ4n) is 1.12. The largest absolute Gasteiger partial charge is 0.330 e. The monoisotopic (exact) mass is 223 g/mol. The zero-order chi connectivity index (χ0) is 12.1. The van der Waals surface area contributed by atoms with Crippen LogP contribution in [0.1, 0.15) is 24.7 Å². The van der Waals surface area contributed by atoms with Gasteiger partial charge < -0.3 is 5.73 Å². The number of nitrogens with zero attached hydrogens (tertiary/aromatic N) is 3. The van der Waals surface area contributed by atoms with Crippen molar-refractivity contribution < 1.29 is 4.79 Å². The van der Waals surface area contributed by atoms with E-state index in [0.29, 0.717) is 13.0 Å². The molecular weight excluding hydrogens is 206 g/mol. The van der Waals surface area contributed by atoms with Gasteiger partial charge in [-0.05, 0) is 26.8 Å². The molecular formula is C10H17N5O. The highest BCUT2D eigenvalue weighted by molar-refractivity contribution is 5.90. The summed E-state index contributed by atoms with van der Waals surface area (Å²) in [5.41, 5.74) is 6.90. The first-order valence-corrected chi connectivity index (χ1v) is 5.23. The predicted octanol–water partition coefficient (Wildman–Crippen LogP) is 0.412. The topological polar surface area (TPSA) is 93.8 Å². The molecule has 1 atom stereocenters. The molecule has 1 amide bonds. The average molecular weight is 223 g/mol. The Bertz CT molecular complexity index is 379. The molecule has 1 unspecified atom stereocenters. The maximum absolute atomic E-state index is 11.6. The summed E-state index contributed by atoms with van der Waals surface area (Å²) in [6.45, 7) is 5.94. The number of rotatable bonds is 4. The van der Waals surface area contributed by atoms with E-state index >= 15 is 0 Å². The molecule has 6 nitrogen and oxygen atoms in total. The van der Waals surface area contributed by atoms with Crippen LogP contribution in [0.5, 0.6) is 0 Å². The van der Waals surface area contributed by atoms with E-state index in [0.717, 1.165) is 11.4 Å². The van der Waals surface area contributed by atoms with Gasteiger partial charge in [0.2, 0.25) is 11.9 Å². The van der Waals surface area contributed by atoms with Crippen molar-refractivity contribution in [2.75, 3.05) is 11.9 Å². The lowest BCUT2D eigenvalue weighted by molar-refractivity contribution is -0.119. The number of carbonyl (C=O) groups is 1. The van der Waals surface area contributed by atoms with Crippen molar-refractivity contribution in [3.05, 3.63) is 11.4 Å². The van der Waals surface area contributed by atoms with Gasteiger partial charge >= 0.3 is 0 Å². The maximum Gasteiger partial charge on any atom is 0.249 e. The first-order chi connectivity index (χ1) is 7.54. The minimum Gasteiger partial charge on any atom is -0.330 e. The molecule has 0 aliphatic rings.